The summed E-state index contributed by atoms with van der Waals surface area (Å²) in [6.07, 6.45) is 0. The van der Waals surface area contributed by atoms with E-state index in [2.05, 4.69) is 0 Å². The van der Waals surface area contributed by atoms with Crippen LogP contribution in [0.25, 0.3) is 22.3 Å². The molecule has 0 fully saturated rings. The van der Waals surface area contributed by atoms with E-state index in [9.17, 15) is 25.0 Å². The second-order valence-electron chi connectivity index (χ2n) is 5.06. The van der Waals surface area contributed by atoms with Crippen LogP contribution in [0, 0.1) is 20.2 Å². The first kappa shape index (κ1) is 16.1. The zero-order valence-corrected chi connectivity index (χ0v) is 12.8. The normalized spacial score (nSPS) is 10.6. The molecule has 1 heterocycles. The minimum atomic E-state index is -0.689. The molecule has 3 rings (SSSR count). The Balaban J connectivity index is 2.31. The molecule has 0 aliphatic heterocycles. The molecule has 0 radical (unpaired) electrons. The molecule has 9 nitrogen and oxygen atoms in total. The van der Waals surface area contributed by atoms with Crippen molar-refractivity contribution >= 4 is 22.3 Å². The molecule has 3 aromatic rings. The van der Waals surface area contributed by atoms with Crippen LogP contribution in [0.15, 0.2) is 51.7 Å². The van der Waals surface area contributed by atoms with Crippen molar-refractivity contribution < 1.29 is 19.0 Å². The average molecular weight is 342 g/mol. The molecular formula is C16H10N2O7. The van der Waals surface area contributed by atoms with Crippen LogP contribution in [0.2, 0.25) is 0 Å². The van der Waals surface area contributed by atoms with E-state index in [1.54, 1.807) is 0 Å². The van der Waals surface area contributed by atoms with Crippen LogP contribution >= 0.6 is 0 Å². The second kappa shape index (κ2) is 6.04. The number of benzene rings is 2. The first-order valence-corrected chi connectivity index (χ1v) is 6.96. The van der Waals surface area contributed by atoms with Gasteiger partial charge >= 0.3 is 5.69 Å². The summed E-state index contributed by atoms with van der Waals surface area (Å²) in [7, 11) is 1.32. The lowest BCUT2D eigenvalue weighted by atomic mass is 10.1. The fourth-order valence-corrected chi connectivity index (χ4v) is 2.38. The van der Waals surface area contributed by atoms with E-state index in [0.717, 1.165) is 12.1 Å². The Morgan fingerprint density at radius 3 is 2.44 bits per heavy atom. The van der Waals surface area contributed by atoms with Gasteiger partial charge in [0.1, 0.15) is 11.5 Å². The fourth-order valence-electron chi connectivity index (χ4n) is 2.38. The minimum absolute atomic E-state index is 0.00512. The Morgan fingerprint density at radius 1 is 1.04 bits per heavy atom. The molecule has 0 spiro atoms. The van der Waals surface area contributed by atoms with Crippen molar-refractivity contribution in [2.45, 2.75) is 0 Å². The van der Waals surface area contributed by atoms with Gasteiger partial charge < -0.3 is 9.15 Å². The first-order valence-electron chi connectivity index (χ1n) is 6.96. The highest BCUT2D eigenvalue weighted by Gasteiger charge is 2.20. The highest BCUT2D eigenvalue weighted by Crippen LogP contribution is 2.32. The lowest BCUT2D eigenvalue weighted by molar-refractivity contribution is -0.384. The molecule has 0 aliphatic rings. The van der Waals surface area contributed by atoms with Crippen molar-refractivity contribution in [3.63, 3.8) is 0 Å². The van der Waals surface area contributed by atoms with E-state index < -0.39 is 21.0 Å². The largest absolute Gasteiger partial charge is 0.496 e. The van der Waals surface area contributed by atoms with Crippen LogP contribution < -0.4 is 10.2 Å². The van der Waals surface area contributed by atoms with Crippen LogP contribution in [-0.4, -0.2) is 17.0 Å². The molecule has 0 amide bonds. The van der Waals surface area contributed by atoms with Crippen molar-refractivity contribution in [1.82, 2.24) is 0 Å². The van der Waals surface area contributed by atoms with Gasteiger partial charge in [0.25, 0.3) is 5.69 Å². The maximum absolute atomic E-state index is 12.4. The summed E-state index contributed by atoms with van der Waals surface area (Å²) in [5.41, 5.74) is -1.11. The molecule has 0 saturated carbocycles. The van der Waals surface area contributed by atoms with Gasteiger partial charge in [-0.1, -0.05) is 12.1 Å². The topological polar surface area (TPSA) is 126 Å². The van der Waals surface area contributed by atoms with Gasteiger partial charge in [0.05, 0.1) is 28.4 Å². The third kappa shape index (κ3) is 2.90. The highest BCUT2D eigenvalue weighted by atomic mass is 16.6. The standard InChI is InChI=1S/C16H10N2O7/c1-24-11-6-12-14(19)8-15(25-16(12)13(7-11)18(22)23)9-3-2-4-10(5-9)17(20)21/h2-8H,1H3. The number of non-ortho nitro benzene ring substituents is 2. The molecule has 126 valence electrons. The van der Waals surface area contributed by atoms with Crippen LogP contribution in [-0.2, 0) is 0 Å². The van der Waals surface area contributed by atoms with E-state index >= 15 is 0 Å². The smallest absolute Gasteiger partial charge is 0.316 e. The summed E-state index contributed by atoms with van der Waals surface area (Å²) in [6, 6.07) is 9.06. The van der Waals surface area contributed by atoms with Crippen LogP contribution in [0.1, 0.15) is 0 Å². The van der Waals surface area contributed by atoms with Crippen LogP contribution in [0.3, 0.4) is 0 Å². The van der Waals surface area contributed by atoms with Crippen molar-refractivity contribution in [1.29, 1.82) is 0 Å². The lowest BCUT2D eigenvalue weighted by Gasteiger charge is -2.06. The number of hydrogen-bond donors (Lipinski definition) is 0. The lowest BCUT2D eigenvalue weighted by Crippen LogP contribution is -2.03. The third-order valence-electron chi connectivity index (χ3n) is 3.56. The SMILES string of the molecule is COc1cc([N+](=O)[O-])c2oc(-c3cccc([N+](=O)[O-])c3)cc(=O)c2c1. The Morgan fingerprint density at radius 2 is 1.80 bits per heavy atom. The number of fused-ring (bicyclic) bond motifs is 1. The van der Waals surface area contributed by atoms with Crippen LogP contribution in [0.5, 0.6) is 5.75 Å². The van der Waals surface area contributed by atoms with Gasteiger partial charge in [-0.25, -0.2) is 0 Å². The number of methoxy groups -OCH3 is 1. The van der Waals surface area contributed by atoms with Crippen molar-refractivity contribution in [2.75, 3.05) is 7.11 Å². The molecule has 0 unspecified atom stereocenters. The highest BCUT2D eigenvalue weighted by molar-refractivity contribution is 5.88. The van der Waals surface area contributed by atoms with Crippen LogP contribution in [0.4, 0.5) is 11.4 Å². The van der Waals surface area contributed by atoms with E-state index in [1.165, 1.54) is 37.4 Å². The monoisotopic (exact) mass is 342 g/mol. The number of nitro benzene ring substituents is 2. The predicted octanol–water partition coefficient (Wildman–Crippen LogP) is 3.29. The first-order chi connectivity index (χ1) is 11.9. The molecule has 0 bridgehead atoms. The molecule has 1 aromatic heterocycles. The van der Waals surface area contributed by atoms with Gasteiger partial charge in [0.15, 0.2) is 5.43 Å². The molecule has 0 saturated heterocycles. The molecular weight excluding hydrogens is 332 g/mol. The molecule has 9 heteroatoms. The quantitative estimate of drug-likeness (QED) is 0.526. The zero-order chi connectivity index (χ0) is 18.1. The van der Waals surface area contributed by atoms with Gasteiger partial charge in [-0.2, -0.15) is 0 Å². The van der Waals surface area contributed by atoms with E-state index in [-0.39, 0.29) is 33.7 Å². The van der Waals surface area contributed by atoms with E-state index in [4.69, 9.17) is 9.15 Å². The third-order valence-corrected chi connectivity index (χ3v) is 3.56. The van der Waals surface area contributed by atoms with Crippen molar-refractivity contribution in [3.05, 3.63) is 72.9 Å². The summed E-state index contributed by atoms with van der Waals surface area (Å²) in [5.74, 6) is 0.143. The summed E-state index contributed by atoms with van der Waals surface area (Å²) >= 11 is 0. The van der Waals surface area contributed by atoms with Gasteiger partial charge in [0, 0.05) is 23.8 Å². The number of nitrogens with zero attached hydrogens (tertiary/aromatic N) is 2. The second-order valence-corrected chi connectivity index (χ2v) is 5.06. The number of hydrogen-bond acceptors (Lipinski definition) is 7. The Labute approximate surface area is 139 Å². The van der Waals surface area contributed by atoms with Gasteiger partial charge in [-0.15, -0.1) is 0 Å². The molecule has 2 aromatic carbocycles. The van der Waals surface area contributed by atoms with Crippen molar-refractivity contribution in [3.8, 4) is 17.1 Å². The van der Waals surface area contributed by atoms with Gasteiger partial charge in [-0.3, -0.25) is 25.0 Å². The summed E-state index contributed by atoms with van der Waals surface area (Å²) in [4.78, 5) is 33.3. The molecule has 0 aliphatic carbocycles. The van der Waals surface area contributed by atoms with Gasteiger partial charge in [0.2, 0.25) is 5.58 Å². The number of nitro groups is 2. The summed E-state index contributed by atoms with van der Waals surface area (Å²) < 4.78 is 10.5. The zero-order valence-electron chi connectivity index (χ0n) is 12.8. The number of ether oxygens (including phenoxy) is 1. The Hall–Kier alpha value is -3.75. The fraction of sp³-hybridized carbons (Fsp3) is 0.0625. The molecule has 0 atom stereocenters. The van der Waals surface area contributed by atoms with E-state index in [1.807, 2.05) is 0 Å². The average Bonchev–Trinajstić information content (AvgIpc) is 2.60. The van der Waals surface area contributed by atoms with Crippen molar-refractivity contribution in [2.24, 2.45) is 0 Å². The maximum atomic E-state index is 12.4. The number of rotatable bonds is 4. The summed E-state index contributed by atoms with van der Waals surface area (Å²) in [5, 5.41) is 22.2. The summed E-state index contributed by atoms with van der Waals surface area (Å²) in [6.45, 7) is 0. The van der Waals surface area contributed by atoms with Gasteiger partial charge in [-0.05, 0) is 6.07 Å². The van der Waals surface area contributed by atoms with E-state index in [0.29, 0.717) is 0 Å². The molecule has 0 N–H and O–H groups in total. The Bertz CT molecular complexity index is 1070. The maximum Gasteiger partial charge on any atom is 0.316 e. The Kier molecular flexibility index (Phi) is 3.89. The molecule has 25 heavy (non-hydrogen) atoms. The minimum Gasteiger partial charge on any atom is -0.496 e. The predicted molar refractivity (Wildman–Crippen MR) is 87.8 cm³/mol.